The minimum absolute atomic E-state index is 0.676. The van der Waals surface area contributed by atoms with Gasteiger partial charge in [0.2, 0.25) is 0 Å². The second-order valence-corrected chi connectivity index (χ2v) is 8.11. The van der Waals surface area contributed by atoms with Crippen LogP contribution in [0.25, 0.3) is 21.3 Å². The predicted molar refractivity (Wildman–Crippen MR) is 114 cm³/mol. The molecule has 2 aromatic heterocycles. The molecule has 0 aliphatic heterocycles. The lowest BCUT2D eigenvalue weighted by Crippen LogP contribution is -2.02. The Morgan fingerprint density at radius 3 is 2.70 bits per heavy atom. The van der Waals surface area contributed by atoms with Crippen LogP contribution in [0.15, 0.2) is 54.2 Å². The number of para-hydroxylation sites is 1. The van der Waals surface area contributed by atoms with Crippen LogP contribution in [0.5, 0.6) is 0 Å². The highest BCUT2D eigenvalue weighted by Crippen LogP contribution is 2.39. The topological polar surface area (TPSA) is 37.8 Å². The molecule has 1 aliphatic rings. The summed E-state index contributed by atoms with van der Waals surface area (Å²) in [6, 6.07) is 14.6. The summed E-state index contributed by atoms with van der Waals surface area (Å²) in [5, 5.41) is 7.31. The van der Waals surface area contributed by atoms with Gasteiger partial charge in [-0.25, -0.2) is 9.97 Å². The van der Waals surface area contributed by atoms with E-state index in [1.807, 2.05) is 24.3 Å². The first-order valence-electron chi connectivity index (χ1n) is 9.15. The lowest BCUT2D eigenvalue weighted by Gasteiger charge is -2.16. The first-order valence-corrected chi connectivity index (χ1v) is 10.4. The van der Waals surface area contributed by atoms with Gasteiger partial charge < -0.3 is 5.32 Å². The van der Waals surface area contributed by atoms with Gasteiger partial charge in [-0.3, -0.25) is 0 Å². The van der Waals surface area contributed by atoms with Crippen molar-refractivity contribution in [3.8, 4) is 11.1 Å². The van der Waals surface area contributed by atoms with Crippen LogP contribution in [0, 0.1) is 0 Å². The predicted octanol–water partition coefficient (Wildman–Crippen LogP) is 6.63. The Morgan fingerprint density at radius 2 is 1.81 bits per heavy atom. The highest BCUT2D eigenvalue weighted by Gasteiger charge is 2.16. The summed E-state index contributed by atoms with van der Waals surface area (Å²) >= 11 is 7.98. The van der Waals surface area contributed by atoms with Crippen LogP contribution >= 0.6 is 22.9 Å². The molecule has 0 saturated heterocycles. The van der Waals surface area contributed by atoms with E-state index in [9.17, 15) is 0 Å². The zero-order chi connectivity index (χ0) is 18.2. The highest BCUT2D eigenvalue weighted by atomic mass is 35.5. The molecule has 0 bridgehead atoms. The van der Waals surface area contributed by atoms with E-state index in [4.69, 9.17) is 11.6 Å². The van der Waals surface area contributed by atoms with Crippen molar-refractivity contribution in [3.05, 3.63) is 70.3 Å². The number of aromatic nitrogens is 2. The molecule has 0 spiro atoms. The van der Waals surface area contributed by atoms with Crippen molar-refractivity contribution in [2.45, 2.75) is 25.7 Å². The van der Waals surface area contributed by atoms with E-state index in [1.165, 1.54) is 47.9 Å². The molecule has 0 radical (unpaired) electrons. The molecule has 0 amide bonds. The maximum atomic E-state index is 6.33. The third-order valence-corrected chi connectivity index (χ3v) is 6.37. The quantitative estimate of drug-likeness (QED) is 0.425. The molecular weight excluding hydrogens is 374 g/mol. The van der Waals surface area contributed by atoms with Gasteiger partial charge in [0.1, 0.15) is 17.0 Å². The fourth-order valence-corrected chi connectivity index (χ4v) is 4.87. The Bertz CT molecular complexity index is 1140. The van der Waals surface area contributed by atoms with Crippen molar-refractivity contribution < 1.29 is 0 Å². The lowest BCUT2D eigenvalue weighted by molar-refractivity contribution is 0.686. The first-order chi connectivity index (χ1) is 13.3. The number of nitrogens with zero attached hydrogens (tertiary/aromatic N) is 2. The zero-order valence-electron chi connectivity index (χ0n) is 14.7. The zero-order valence-corrected chi connectivity index (χ0v) is 16.3. The van der Waals surface area contributed by atoms with Crippen molar-refractivity contribution in [1.82, 2.24) is 9.97 Å². The van der Waals surface area contributed by atoms with Gasteiger partial charge in [0, 0.05) is 10.9 Å². The maximum absolute atomic E-state index is 6.33. The molecule has 4 aromatic rings. The molecule has 1 aliphatic carbocycles. The van der Waals surface area contributed by atoms with E-state index < -0.39 is 0 Å². The van der Waals surface area contributed by atoms with Crippen molar-refractivity contribution in [1.29, 1.82) is 0 Å². The highest BCUT2D eigenvalue weighted by molar-refractivity contribution is 7.17. The first kappa shape index (κ1) is 16.7. The Balaban J connectivity index is 1.63. The molecule has 2 heterocycles. The van der Waals surface area contributed by atoms with E-state index >= 15 is 0 Å². The Morgan fingerprint density at radius 1 is 0.963 bits per heavy atom. The fourth-order valence-electron chi connectivity index (χ4n) is 3.77. The van der Waals surface area contributed by atoms with Gasteiger partial charge in [-0.05, 0) is 54.5 Å². The molecule has 1 N–H and O–H groups in total. The molecule has 0 saturated carbocycles. The summed E-state index contributed by atoms with van der Waals surface area (Å²) in [4.78, 5) is 9.97. The average molecular weight is 392 g/mol. The lowest BCUT2D eigenvalue weighted by atomic mass is 9.89. The minimum Gasteiger partial charge on any atom is -0.338 e. The van der Waals surface area contributed by atoms with Crippen LogP contribution in [0.3, 0.4) is 0 Å². The molecule has 134 valence electrons. The molecule has 2 aromatic carbocycles. The summed E-state index contributed by atoms with van der Waals surface area (Å²) in [5.74, 6) is 0.794. The number of anilines is 2. The summed E-state index contributed by atoms with van der Waals surface area (Å²) in [5.41, 5.74) is 6.24. The van der Waals surface area contributed by atoms with Crippen molar-refractivity contribution in [2.75, 3.05) is 5.32 Å². The summed E-state index contributed by atoms with van der Waals surface area (Å²) in [6.07, 6.45) is 6.56. The summed E-state index contributed by atoms with van der Waals surface area (Å²) < 4.78 is 0. The number of benzene rings is 2. The smallest absolute Gasteiger partial charge is 0.143 e. The van der Waals surface area contributed by atoms with Crippen LogP contribution in [-0.4, -0.2) is 9.97 Å². The standard InChI is InChI=1S/C22H18ClN3S/c23-18-7-3-4-8-19(18)26-21-20-17(12-27-22(20)25-13-24-21)16-10-9-14-5-1-2-6-15(14)11-16/h3-4,7-13H,1-2,5-6H2,(H,24,25,26). The van der Waals surface area contributed by atoms with Crippen molar-refractivity contribution in [2.24, 2.45) is 0 Å². The van der Waals surface area contributed by atoms with Gasteiger partial charge >= 0.3 is 0 Å². The minimum atomic E-state index is 0.676. The molecule has 5 heteroatoms. The van der Waals surface area contributed by atoms with Crippen LogP contribution in [-0.2, 0) is 12.8 Å². The second-order valence-electron chi connectivity index (χ2n) is 6.85. The molecule has 0 fully saturated rings. The van der Waals surface area contributed by atoms with Gasteiger partial charge in [0.05, 0.1) is 16.1 Å². The van der Waals surface area contributed by atoms with E-state index in [1.54, 1.807) is 17.7 Å². The van der Waals surface area contributed by atoms with Gasteiger partial charge in [-0.2, -0.15) is 0 Å². The van der Waals surface area contributed by atoms with E-state index in [-0.39, 0.29) is 0 Å². The molecule has 0 unspecified atom stereocenters. The Labute approximate surface area is 167 Å². The summed E-state index contributed by atoms with van der Waals surface area (Å²) in [6.45, 7) is 0. The van der Waals surface area contributed by atoms with Crippen LogP contribution in [0.2, 0.25) is 5.02 Å². The van der Waals surface area contributed by atoms with E-state index in [2.05, 4.69) is 38.9 Å². The molecule has 3 nitrogen and oxygen atoms in total. The van der Waals surface area contributed by atoms with Crippen molar-refractivity contribution >= 4 is 44.7 Å². The molecular formula is C22H18ClN3S. The molecule has 5 rings (SSSR count). The number of fused-ring (bicyclic) bond motifs is 2. The van der Waals surface area contributed by atoms with Gasteiger partial charge in [-0.1, -0.05) is 41.9 Å². The van der Waals surface area contributed by atoms with Crippen LogP contribution in [0.1, 0.15) is 24.0 Å². The average Bonchev–Trinajstić information content (AvgIpc) is 3.14. The van der Waals surface area contributed by atoms with Crippen LogP contribution < -0.4 is 5.32 Å². The monoisotopic (exact) mass is 391 g/mol. The normalized spacial score (nSPS) is 13.5. The Kier molecular flexibility index (Phi) is 4.30. The van der Waals surface area contributed by atoms with Gasteiger partial charge in [0.25, 0.3) is 0 Å². The van der Waals surface area contributed by atoms with E-state index in [0.717, 1.165) is 21.7 Å². The van der Waals surface area contributed by atoms with Gasteiger partial charge in [0.15, 0.2) is 0 Å². The van der Waals surface area contributed by atoms with Crippen LogP contribution in [0.4, 0.5) is 11.5 Å². The summed E-state index contributed by atoms with van der Waals surface area (Å²) in [7, 11) is 0. The molecule has 27 heavy (non-hydrogen) atoms. The number of thiophene rings is 1. The largest absolute Gasteiger partial charge is 0.338 e. The molecule has 0 atom stereocenters. The number of hydrogen-bond acceptors (Lipinski definition) is 4. The van der Waals surface area contributed by atoms with E-state index in [0.29, 0.717) is 5.02 Å². The number of halogens is 1. The number of rotatable bonds is 3. The van der Waals surface area contributed by atoms with Gasteiger partial charge in [-0.15, -0.1) is 11.3 Å². The fraction of sp³-hybridized carbons (Fsp3) is 0.182. The SMILES string of the molecule is Clc1ccccc1Nc1ncnc2scc(-c3ccc4c(c3)CCCC4)c12. The van der Waals surface area contributed by atoms with Crippen molar-refractivity contribution in [3.63, 3.8) is 0 Å². The second kappa shape index (κ2) is 6.95. The maximum Gasteiger partial charge on any atom is 0.143 e. The Hall–Kier alpha value is -2.43. The number of aryl methyl sites for hydroxylation is 2. The third kappa shape index (κ3) is 3.09. The number of hydrogen-bond donors (Lipinski definition) is 1. The number of nitrogens with one attached hydrogen (secondary N) is 1. The third-order valence-electron chi connectivity index (χ3n) is 5.16.